The van der Waals surface area contributed by atoms with Gasteiger partial charge in [-0.25, -0.2) is 4.98 Å². The van der Waals surface area contributed by atoms with Crippen molar-refractivity contribution in [2.24, 2.45) is 0 Å². The van der Waals surface area contributed by atoms with E-state index in [-0.39, 0.29) is 12.0 Å². The van der Waals surface area contributed by atoms with Gasteiger partial charge in [0.1, 0.15) is 6.10 Å². The van der Waals surface area contributed by atoms with E-state index < -0.39 is 0 Å². The van der Waals surface area contributed by atoms with E-state index in [2.05, 4.69) is 26.2 Å². The predicted molar refractivity (Wildman–Crippen MR) is 57.4 cm³/mol. The molecule has 4 nitrogen and oxygen atoms in total. The van der Waals surface area contributed by atoms with Crippen LogP contribution in [-0.2, 0) is 9.53 Å². The van der Waals surface area contributed by atoms with Gasteiger partial charge in [-0.2, -0.15) is 0 Å². The second kappa shape index (κ2) is 4.37. The quantitative estimate of drug-likeness (QED) is 0.899. The van der Waals surface area contributed by atoms with E-state index in [0.29, 0.717) is 11.7 Å². The third-order valence-corrected chi connectivity index (χ3v) is 3.32. The van der Waals surface area contributed by atoms with E-state index in [0.717, 1.165) is 16.6 Å². The lowest BCUT2D eigenvalue weighted by Crippen LogP contribution is -2.26. The maximum absolute atomic E-state index is 11.5. The minimum atomic E-state index is -0.294. The number of carbonyl (C=O) groups is 1. The maximum atomic E-state index is 11.5. The normalized spacial score (nSPS) is 21.1. The number of rotatable bonds is 2. The van der Waals surface area contributed by atoms with Crippen molar-refractivity contribution < 1.29 is 9.53 Å². The van der Waals surface area contributed by atoms with Crippen molar-refractivity contribution >= 4 is 38.3 Å². The van der Waals surface area contributed by atoms with Crippen molar-refractivity contribution in [1.82, 2.24) is 4.98 Å². The molecule has 1 fully saturated rings. The van der Waals surface area contributed by atoms with Crippen LogP contribution in [0.1, 0.15) is 12.8 Å². The summed E-state index contributed by atoms with van der Waals surface area (Å²) in [5, 5.41) is 3.33. The number of thiazole rings is 1. The van der Waals surface area contributed by atoms with Gasteiger partial charge in [0.25, 0.3) is 5.91 Å². The molecular weight excluding hydrogens is 268 g/mol. The number of anilines is 1. The van der Waals surface area contributed by atoms with Gasteiger partial charge in [-0.05, 0) is 28.8 Å². The molecule has 0 saturated carbocycles. The molecule has 14 heavy (non-hydrogen) atoms. The highest BCUT2D eigenvalue weighted by atomic mass is 79.9. The van der Waals surface area contributed by atoms with Gasteiger partial charge >= 0.3 is 0 Å². The highest BCUT2D eigenvalue weighted by Crippen LogP contribution is 2.24. The van der Waals surface area contributed by atoms with Crippen LogP contribution < -0.4 is 5.32 Å². The van der Waals surface area contributed by atoms with Gasteiger partial charge in [0.2, 0.25) is 0 Å². The summed E-state index contributed by atoms with van der Waals surface area (Å²) in [6.45, 7) is 0.680. The van der Waals surface area contributed by atoms with Crippen molar-refractivity contribution in [3.63, 3.8) is 0 Å². The van der Waals surface area contributed by atoms with Crippen molar-refractivity contribution in [3.8, 4) is 0 Å². The standard InChI is InChI=1S/C8H9BrN2O2S/c9-6-4-10-8(14-6)11-7(12)5-2-1-3-13-5/h4-5H,1-3H2,(H,10,11,12)/t5-/m0/s1. The summed E-state index contributed by atoms with van der Waals surface area (Å²) in [7, 11) is 0. The Kier molecular flexibility index (Phi) is 3.15. The molecule has 1 amide bonds. The Hall–Kier alpha value is -0.460. The number of hydrogen-bond donors (Lipinski definition) is 1. The van der Waals surface area contributed by atoms with Gasteiger partial charge in [-0.3, -0.25) is 10.1 Å². The number of amides is 1. The number of aromatic nitrogens is 1. The number of hydrogen-bond acceptors (Lipinski definition) is 4. The first-order valence-corrected chi connectivity index (χ1v) is 5.90. The highest BCUT2D eigenvalue weighted by Gasteiger charge is 2.24. The second-order valence-electron chi connectivity index (χ2n) is 2.96. The SMILES string of the molecule is O=C(Nc1ncc(Br)s1)[C@@H]1CCCO1. The molecule has 1 aromatic heterocycles. The van der Waals surface area contributed by atoms with Gasteiger partial charge in [-0.1, -0.05) is 11.3 Å². The molecule has 76 valence electrons. The van der Waals surface area contributed by atoms with E-state index in [1.807, 2.05) is 0 Å². The molecule has 0 radical (unpaired) electrons. The smallest absolute Gasteiger partial charge is 0.255 e. The third-order valence-electron chi connectivity index (χ3n) is 1.93. The van der Waals surface area contributed by atoms with Gasteiger partial charge < -0.3 is 4.74 Å². The average molecular weight is 277 g/mol. The molecule has 0 aromatic carbocycles. The topological polar surface area (TPSA) is 51.2 Å². The number of nitrogens with zero attached hydrogens (tertiary/aromatic N) is 1. The lowest BCUT2D eigenvalue weighted by Gasteiger charge is -2.07. The van der Waals surface area contributed by atoms with Crippen LogP contribution in [0, 0.1) is 0 Å². The molecule has 0 bridgehead atoms. The van der Waals surface area contributed by atoms with E-state index in [1.54, 1.807) is 6.20 Å². The first kappa shape index (κ1) is 10.1. The summed E-state index contributed by atoms with van der Waals surface area (Å²) >= 11 is 4.67. The van der Waals surface area contributed by atoms with Crippen LogP contribution in [0.3, 0.4) is 0 Å². The Morgan fingerprint density at radius 3 is 3.21 bits per heavy atom. The average Bonchev–Trinajstić information content (AvgIpc) is 2.75. The predicted octanol–water partition coefficient (Wildman–Crippen LogP) is 2.02. The summed E-state index contributed by atoms with van der Waals surface area (Å²) < 4.78 is 6.15. The molecular formula is C8H9BrN2O2S. The first-order valence-electron chi connectivity index (χ1n) is 4.29. The van der Waals surface area contributed by atoms with Crippen LogP contribution in [0.2, 0.25) is 0 Å². The molecule has 2 rings (SSSR count). The molecule has 1 aliphatic rings. The van der Waals surface area contributed by atoms with Crippen LogP contribution >= 0.6 is 27.3 Å². The molecule has 1 aliphatic heterocycles. The van der Waals surface area contributed by atoms with E-state index >= 15 is 0 Å². The maximum Gasteiger partial charge on any atom is 0.255 e. The summed E-state index contributed by atoms with van der Waals surface area (Å²) in [4.78, 5) is 15.6. The summed E-state index contributed by atoms with van der Waals surface area (Å²) in [5.41, 5.74) is 0. The fourth-order valence-corrected chi connectivity index (χ4v) is 2.39. The van der Waals surface area contributed by atoms with Gasteiger partial charge in [-0.15, -0.1) is 0 Å². The monoisotopic (exact) mass is 276 g/mol. The lowest BCUT2D eigenvalue weighted by atomic mass is 10.2. The summed E-state index contributed by atoms with van der Waals surface area (Å²) in [6, 6.07) is 0. The van der Waals surface area contributed by atoms with Crippen molar-refractivity contribution in [1.29, 1.82) is 0 Å². The Bertz CT molecular complexity index is 336. The molecule has 1 N–H and O–H groups in total. The number of carbonyl (C=O) groups excluding carboxylic acids is 1. The summed E-state index contributed by atoms with van der Waals surface area (Å²) in [6.07, 6.45) is 3.13. The van der Waals surface area contributed by atoms with Crippen LogP contribution in [0.25, 0.3) is 0 Å². The fourth-order valence-electron chi connectivity index (χ4n) is 1.28. The number of nitrogens with one attached hydrogen (secondary N) is 1. The Balaban J connectivity index is 1.93. The number of halogens is 1. The minimum absolute atomic E-state index is 0.0932. The summed E-state index contributed by atoms with van der Waals surface area (Å²) in [5.74, 6) is -0.0932. The van der Waals surface area contributed by atoms with Crippen LogP contribution in [-0.4, -0.2) is 23.6 Å². The van der Waals surface area contributed by atoms with E-state index in [9.17, 15) is 4.79 Å². The largest absolute Gasteiger partial charge is 0.368 e. The molecule has 6 heteroatoms. The van der Waals surface area contributed by atoms with E-state index in [4.69, 9.17) is 4.74 Å². The van der Waals surface area contributed by atoms with Crippen molar-refractivity contribution in [2.75, 3.05) is 11.9 Å². The molecule has 0 aliphatic carbocycles. The van der Waals surface area contributed by atoms with Gasteiger partial charge in [0.05, 0.1) is 9.98 Å². The Morgan fingerprint density at radius 1 is 1.79 bits per heavy atom. The van der Waals surface area contributed by atoms with Crippen LogP contribution in [0.5, 0.6) is 0 Å². The highest BCUT2D eigenvalue weighted by molar-refractivity contribution is 9.11. The Labute approximate surface area is 93.8 Å². The second-order valence-corrected chi connectivity index (χ2v) is 5.37. The zero-order chi connectivity index (χ0) is 9.97. The van der Waals surface area contributed by atoms with E-state index in [1.165, 1.54) is 11.3 Å². The van der Waals surface area contributed by atoms with Crippen LogP contribution in [0.4, 0.5) is 5.13 Å². The third kappa shape index (κ3) is 2.31. The number of ether oxygens (including phenoxy) is 1. The zero-order valence-corrected chi connectivity index (χ0v) is 9.73. The molecule has 2 heterocycles. The first-order chi connectivity index (χ1) is 6.75. The van der Waals surface area contributed by atoms with Crippen LogP contribution in [0.15, 0.2) is 9.98 Å². The minimum Gasteiger partial charge on any atom is -0.368 e. The van der Waals surface area contributed by atoms with Gasteiger partial charge in [0.15, 0.2) is 5.13 Å². The molecule has 0 spiro atoms. The molecule has 1 atom stereocenters. The molecule has 1 aromatic rings. The van der Waals surface area contributed by atoms with Gasteiger partial charge in [0, 0.05) is 6.61 Å². The molecule has 0 unspecified atom stereocenters. The Morgan fingerprint density at radius 2 is 2.64 bits per heavy atom. The lowest BCUT2D eigenvalue weighted by molar-refractivity contribution is -0.124. The zero-order valence-electron chi connectivity index (χ0n) is 7.33. The molecule has 1 saturated heterocycles. The fraction of sp³-hybridized carbons (Fsp3) is 0.500. The van der Waals surface area contributed by atoms with Crippen molar-refractivity contribution in [3.05, 3.63) is 9.98 Å². The van der Waals surface area contributed by atoms with Crippen molar-refractivity contribution in [2.45, 2.75) is 18.9 Å².